The molecule has 4 nitrogen and oxygen atoms in total. The molecular formula is C16H23N3OS. The van der Waals surface area contributed by atoms with Crippen LogP contribution in [-0.4, -0.2) is 26.3 Å². The molecule has 0 unspecified atom stereocenters. The standard InChI is InChI=1S/C16H23N3OS/c1-3-16(20)15-9-13-10-18(7-4-8-19(13)17-15)11-14-6-5-12(2)21-14/h5-6,9,16,20H,3-4,7-8,10-11H2,1-2H3/t16-/m1/s1. The van der Waals surface area contributed by atoms with Crippen LogP contribution < -0.4 is 0 Å². The number of aliphatic hydroxyl groups excluding tert-OH is 1. The van der Waals surface area contributed by atoms with Gasteiger partial charge in [-0.1, -0.05) is 6.92 Å². The molecule has 1 N–H and O–H groups in total. The first-order chi connectivity index (χ1) is 10.2. The van der Waals surface area contributed by atoms with Crippen LogP contribution in [0.4, 0.5) is 0 Å². The van der Waals surface area contributed by atoms with Crippen molar-refractivity contribution < 1.29 is 5.11 Å². The van der Waals surface area contributed by atoms with E-state index in [2.05, 4.69) is 39.8 Å². The molecule has 3 rings (SSSR count). The zero-order valence-corrected chi connectivity index (χ0v) is 13.6. The lowest BCUT2D eigenvalue weighted by atomic mass is 10.2. The van der Waals surface area contributed by atoms with Gasteiger partial charge in [0.1, 0.15) is 0 Å². The van der Waals surface area contributed by atoms with Gasteiger partial charge in [-0.3, -0.25) is 9.58 Å². The van der Waals surface area contributed by atoms with E-state index in [4.69, 9.17) is 0 Å². The Morgan fingerprint density at radius 2 is 2.24 bits per heavy atom. The van der Waals surface area contributed by atoms with Gasteiger partial charge in [0.25, 0.3) is 0 Å². The van der Waals surface area contributed by atoms with Gasteiger partial charge in [-0.15, -0.1) is 11.3 Å². The van der Waals surface area contributed by atoms with E-state index >= 15 is 0 Å². The Bertz CT molecular complexity index is 604. The van der Waals surface area contributed by atoms with E-state index in [-0.39, 0.29) is 0 Å². The van der Waals surface area contributed by atoms with Crippen molar-refractivity contribution in [3.05, 3.63) is 39.3 Å². The summed E-state index contributed by atoms with van der Waals surface area (Å²) in [5.41, 5.74) is 2.05. The molecule has 0 radical (unpaired) electrons. The van der Waals surface area contributed by atoms with Gasteiger partial charge >= 0.3 is 0 Å². The van der Waals surface area contributed by atoms with Gasteiger partial charge in [-0.05, 0) is 38.0 Å². The third-order valence-corrected chi connectivity index (χ3v) is 5.00. The number of fused-ring (bicyclic) bond motifs is 1. The minimum Gasteiger partial charge on any atom is -0.387 e. The molecule has 21 heavy (non-hydrogen) atoms. The van der Waals surface area contributed by atoms with Crippen LogP contribution in [0.25, 0.3) is 0 Å². The third-order valence-electron chi connectivity index (χ3n) is 4.02. The maximum absolute atomic E-state index is 9.96. The van der Waals surface area contributed by atoms with Gasteiger partial charge in [0.2, 0.25) is 0 Å². The SMILES string of the molecule is CC[C@@H](O)c1cc2n(n1)CCCN(Cc1ccc(C)s1)C2. The fourth-order valence-electron chi connectivity index (χ4n) is 2.85. The molecule has 0 fully saturated rings. The number of aryl methyl sites for hydroxylation is 2. The minimum atomic E-state index is -0.433. The fourth-order valence-corrected chi connectivity index (χ4v) is 3.78. The quantitative estimate of drug-likeness (QED) is 0.943. The normalized spacial score (nSPS) is 17.5. The minimum absolute atomic E-state index is 0.433. The number of nitrogens with zero attached hydrogens (tertiary/aromatic N) is 3. The maximum Gasteiger partial charge on any atom is 0.0975 e. The van der Waals surface area contributed by atoms with Gasteiger partial charge in [0.15, 0.2) is 0 Å². The lowest BCUT2D eigenvalue weighted by Crippen LogP contribution is -2.22. The molecule has 1 aliphatic heterocycles. The summed E-state index contributed by atoms with van der Waals surface area (Å²) < 4.78 is 2.08. The van der Waals surface area contributed by atoms with E-state index < -0.39 is 6.10 Å². The van der Waals surface area contributed by atoms with Crippen LogP contribution in [0, 0.1) is 6.92 Å². The summed E-state index contributed by atoms with van der Waals surface area (Å²) >= 11 is 1.88. The summed E-state index contributed by atoms with van der Waals surface area (Å²) in [6.07, 6.45) is 1.40. The van der Waals surface area contributed by atoms with Crippen molar-refractivity contribution in [2.24, 2.45) is 0 Å². The van der Waals surface area contributed by atoms with Crippen LogP contribution in [0.3, 0.4) is 0 Å². The van der Waals surface area contributed by atoms with Crippen molar-refractivity contribution in [2.45, 2.75) is 52.4 Å². The van der Waals surface area contributed by atoms with Crippen LogP contribution in [0.5, 0.6) is 0 Å². The summed E-state index contributed by atoms with van der Waals surface area (Å²) in [7, 11) is 0. The molecule has 2 aromatic heterocycles. The van der Waals surface area contributed by atoms with Gasteiger partial charge in [0.05, 0.1) is 17.5 Å². The molecule has 0 saturated heterocycles. The van der Waals surface area contributed by atoms with Crippen molar-refractivity contribution >= 4 is 11.3 Å². The van der Waals surface area contributed by atoms with Crippen LogP contribution in [-0.2, 0) is 19.6 Å². The predicted molar refractivity (Wildman–Crippen MR) is 85.3 cm³/mol. The van der Waals surface area contributed by atoms with E-state index in [1.165, 1.54) is 15.4 Å². The highest BCUT2D eigenvalue weighted by Gasteiger charge is 2.19. The number of hydrogen-bond donors (Lipinski definition) is 1. The van der Waals surface area contributed by atoms with Gasteiger partial charge in [0, 0.05) is 35.9 Å². The Kier molecular flexibility index (Phi) is 4.42. The summed E-state index contributed by atoms with van der Waals surface area (Å²) in [5, 5.41) is 14.5. The highest BCUT2D eigenvalue weighted by Crippen LogP contribution is 2.22. The monoisotopic (exact) mass is 305 g/mol. The average Bonchev–Trinajstić information content (AvgIpc) is 3.00. The molecule has 0 saturated carbocycles. The molecule has 0 aliphatic carbocycles. The zero-order chi connectivity index (χ0) is 14.8. The number of aliphatic hydroxyl groups is 1. The molecule has 3 heterocycles. The second-order valence-corrected chi connectivity index (χ2v) is 7.16. The average molecular weight is 305 g/mol. The lowest BCUT2D eigenvalue weighted by molar-refractivity contribution is 0.167. The molecule has 0 aromatic carbocycles. The number of thiophene rings is 1. The number of aromatic nitrogens is 2. The largest absolute Gasteiger partial charge is 0.387 e. The lowest BCUT2D eigenvalue weighted by Gasteiger charge is -2.18. The predicted octanol–water partition coefficient (Wildman–Crippen LogP) is 3.10. The van der Waals surface area contributed by atoms with E-state index in [9.17, 15) is 5.11 Å². The molecule has 1 aliphatic rings. The summed E-state index contributed by atoms with van der Waals surface area (Å²) in [4.78, 5) is 5.28. The van der Waals surface area contributed by atoms with Crippen LogP contribution >= 0.6 is 11.3 Å². The molecule has 0 bridgehead atoms. The van der Waals surface area contributed by atoms with E-state index in [0.717, 1.165) is 38.3 Å². The third kappa shape index (κ3) is 3.36. The van der Waals surface area contributed by atoms with Gasteiger partial charge < -0.3 is 5.11 Å². The molecule has 5 heteroatoms. The van der Waals surface area contributed by atoms with Crippen molar-refractivity contribution in [1.29, 1.82) is 0 Å². The Morgan fingerprint density at radius 1 is 1.38 bits per heavy atom. The fraction of sp³-hybridized carbons (Fsp3) is 0.562. The van der Waals surface area contributed by atoms with E-state index in [0.29, 0.717) is 6.42 Å². The molecular weight excluding hydrogens is 282 g/mol. The van der Waals surface area contributed by atoms with Crippen molar-refractivity contribution in [1.82, 2.24) is 14.7 Å². The zero-order valence-electron chi connectivity index (χ0n) is 12.7. The maximum atomic E-state index is 9.96. The highest BCUT2D eigenvalue weighted by atomic mass is 32.1. The van der Waals surface area contributed by atoms with Crippen molar-refractivity contribution in [3.63, 3.8) is 0 Å². The highest BCUT2D eigenvalue weighted by molar-refractivity contribution is 7.11. The second kappa shape index (κ2) is 6.30. The summed E-state index contributed by atoms with van der Waals surface area (Å²) in [6, 6.07) is 6.50. The van der Waals surface area contributed by atoms with E-state index in [1.54, 1.807) is 0 Å². The summed E-state index contributed by atoms with van der Waals surface area (Å²) in [6.45, 7) is 8.12. The van der Waals surface area contributed by atoms with Crippen LogP contribution in [0.15, 0.2) is 18.2 Å². The first-order valence-electron chi connectivity index (χ1n) is 7.68. The van der Waals surface area contributed by atoms with Gasteiger partial charge in [-0.2, -0.15) is 5.10 Å². The molecule has 1 atom stereocenters. The molecule has 114 valence electrons. The molecule has 0 amide bonds. The van der Waals surface area contributed by atoms with Crippen LogP contribution in [0.2, 0.25) is 0 Å². The molecule has 2 aromatic rings. The van der Waals surface area contributed by atoms with Crippen molar-refractivity contribution in [2.75, 3.05) is 6.54 Å². The van der Waals surface area contributed by atoms with Gasteiger partial charge in [-0.25, -0.2) is 0 Å². The van der Waals surface area contributed by atoms with Crippen LogP contribution in [0.1, 0.15) is 47.0 Å². The summed E-state index contributed by atoms with van der Waals surface area (Å²) in [5.74, 6) is 0. The number of rotatable bonds is 4. The second-order valence-electron chi connectivity index (χ2n) is 5.78. The first kappa shape index (κ1) is 14.8. The Morgan fingerprint density at radius 3 is 2.95 bits per heavy atom. The van der Waals surface area contributed by atoms with Crippen molar-refractivity contribution in [3.8, 4) is 0 Å². The Balaban J connectivity index is 1.74. The smallest absolute Gasteiger partial charge is 0.0975 e. The van der Waals surface area contributed by atoms with E-state index in [1.807, 2.05) is 18.3 Å². The topological polar surface area (TPSA) is 41.3 Å². The Labute approximate surface area is 130 Å². The Hall–Kier alpha value is -1.17. The number of hydrogen-bond acceptors (Lipinski definition) is 4. The first-order valence-corrected chi connectivity index (χ1v) is 8.49. The molecule has 0 spiro atoms.